The number of likely N-dealkylation sites (N-methyl/N-ethyl adjacent to an activating group) is 1. The van der Waals surface area contributed by atoms with E-state index < -0.39 is 0 Å². The molecule has 0 aromatic heterocycles. The molecule has 0 bridgehead atoms. The van der Waals surface area contributed by atoms with Crippen LogP contribution in [0.1, 0.15) is 6.42 Å². The molecule has 1 saturated heterocycles. The highest BCUT2D eigenvalue weighted by Crippen LogP contribution is 2.10. The van der Waals surface area contributed by atoms with E-state index in [0.29, 0.717) is 13.0 Å². The maximum Gasteiger partial charge on any atom is 0.409 e. The van der Waals surface area contributed by atoms with Crippen LogP contribution >= 0.6 is 0 Å². The van der Waals surface area contributed by atoms with E-state index in [0.717, 1.165) is 0 Å². The molecule has 1 fully saturated rings. The summed E-state index contributed by atoms with van der Waals surface area (Å²) in [6.45, 7) is 0.672. The lowest BCUT2D eigenvalue weighted by molar-refractivity contribution is 0.118. The average Bonchev–Trinajstić information content (AvgIpc) is 2.14. The summed E-state index contributed by atoms with van der Waals surface area (Å²) in [7, 11) is 1.68. The van der Waals surface area contributed by atoms with Crippen LogP contribution < -0.4 is 0 Å². The molecule has 0 aromatic rings. The third-order valence-corrected chi connectivity index (χ3v) is 1.51. The van der Waals surface area contributed by atoms with E-state index in [-0.39, 0.29) is 18.8 Å². The molecule has 58 valence electrons. The van der Waals surface area contributed by atoms with Crippen molar-refractivity contribution in [2.75, 3.05) is 20.2 Å². The van der Waals surface area contributed by atoms with Gasteiger partial charge in [0.15, 0.2) is 0 Å². The third-order valence-electron chi connectivity index (χ3n) is 1.51. The van der Waals surface area contributed by atoms with Crippen LogP contribution in [0.5, 0.6) is 0 Å². The molecule has 0 aromatic carbocycles. The lowest BCUT2D eigenvalue weighted by Gasteiger charge is -2.03. The lowest BCUT2D eigenvalue weighted by atomic mass is 10.3. The van der Waals surface area contributed by atoms with Crippen molar-refractivity contribution in [1.29, 1.82) is 0 Å². The number of cyclic esters (lactones) is 1. The maximum absolute atomic E-state index is 10.7. The summed E-state index contributed by atoms with van der Waals surface area (Å²) in [6.07, 6.45) is 0.136. The second-order valence-corrected chi connectivity index (χ2v) is 2.40. The zero-order valence-electron chi connectivity index (χ0n) is 5.91. The highest BCUT2D eigenvalue weighted by Gasteiger charge is 2.27. The molecule has 1 amide bonds. The number of aliphatic hydroxyl groups is 1. The number of hydrogen-bond acceptors (Lipinski definition) is 3. The molecule has 1 aliphatic rings. The SMILES string of the molecule is CN1CC(CCO)OC1=O. The van der Waals surface area contributed by atoms with Gasteiger partial charge in [0, 0.05) is 20.1 Å². The van der Waals surface area contributed by atoms with Gasteiger partial charge >= 0.3 is 6.09 Å². The molecular formula is C6H11NO3. The number of nitrogens with zero attached hydrogens (tertiary/aromatic N) is 1. The normalized spacial score (nSPS) is 25.2. The van der Waals surface area contributed by atoms with Crippen molar-refractivity contribution in [3.63, 3.8) is 0 Å². The number of carbonyl (C=O) groups is 1. The van der Waals surface area contributed by atoms with Crippen LogP contribution in [0, 0.1) is 0 Å². The Morgan fingerprint density at radius 2 is 2.60 bits per heavy atom. The first-order chi connectivity index (χ1) is 4.74. The number of aliphatic hydroxyl groups excluding tert-OH is 1. The van der Waals surface area contributed by atoms with E-state index in [4.69, 9.17) is 9.84 Å². The molecule has 0 radical (unpaired) electrons. The first-order valence-electron chi connectivity index (χ1n) is 3.26. The monoisotopic (exact) mass is 145 g/mol. The number of ether oxygens (including phenoxy) is 1. The molecule has 0 spiro atoms. The predicted molar refractivity (Wildman–Crippen MR) is 34.6 cm³/mol. The van der Waals surface area contributed by atoms with E-state index in [9.17, 15) is 4.79 Å². The molecule has 4 nitrogen and oxygen atoms in total. The van der Waals surface area contributed by atoms with Crippen LogP contribution in [0.3, 0.4) is 0 Å². The van der Waals surface area contributed by atoms with E-state index >= 15 is 0 Å². The van der Waals surface area contributed by atoms with Gasteiger partial charge in [0.1, 0.15) is 6.10 Å². The van der Waals surface area contributed by atoms with Crippen molar-refractivity contribution in [2.24, 2.45) is 0 Å². The Balaban J connectivity index is 2.34. The Kier molecular flexibility index (Phi) is 2.11. The molecule has 1 unspecified atom stereocenters. The average molecular weight is 145 g/mol. The van der Waals surface area contributed by atoms with Crippen molar-refractivity contribution in [3.8, 4) is 0 Å². The summed E-state index contributed by atoms with van der Waals surface area (Å²) in [5.74, 6) is 0. The number of hydrogen-bond donors (Lipinski definition) is 1. The molecule has 1 atom stereocenters. The summed E-state index contributed by atoms with van der Waals surface area (Å²) in [4.78, 5) is 12.2. The predicted octanol–water partition coefficient (Wildman–Crippen LogP) is -0.181. The minimum atomic E-state index is -0.293. The molecule has 4 heteroatoms. The Hall–Kier alpha value is -0.770. The summed E-state index contributed by atoms with van der Waals surface area (Å²) in [5, 5.41) is 8.49. The molecule has 1 N–H and O–H groups in total. The smallest absolute Gasteiger partial charge is 0.409 e. The van der Waals surface area contributed by atoms with E-state index in [2.05, 4.69) is 0 Å². The van der Waals surface area contributed by atoms with Crippen LogP contribution in [0.2, 0.25) is 0 Å². The fraction of sp³-hybridized carbons (Fsp3) is 0.833. The van der Waals surface area contributed by atoms with Gasteiger partial charge in [0.2, 0.25) is 0 Å². The standard InChI is InChI=1S/C6H11NO3/c1-7-4-5(2-3-8)10-6(7)9/h5,8H,2-4H2,1H3. The zero-order valence-corrected chi connectivity index (χ0v) is 5.91. The first-order valence-corrected chi connectivity index (χ1v) is 3.26. The summed E-state index contributed by atoms with van der Waals surface area (Å²) in [5.41, 5.74) is 0. The molecule has 1 heterocycles. The van der Waals surface area contributed by atoms with Crippen LogP contribution in [-0.2, 0) is 4.74 Å². The maximum atomic E-state index is 10.7. The number of carbonyl (C=O) groups excluding carboxylic acids is 1. The van der Waals surface area contributed by atoms with Gasteiger partial charge in [-0.3, -0.25) is 0 Å². The fourth-order valence-corrected chi connectivity index (χ4v) is 0.944. The lowest BCUT2D eigenvalue weighted by Crippen LogP contribution is -2.19. The summed E-state index contributed by atoms with van der Waals surface area (Å²) < 4.78 is 4.84. The van der Waals surface area contributed by atoms with Gasteiger partial charge in [-0.2, -0.15) is 0 Å². The third kappa shape index (κ3) is 1.39. The zero-order chi connectivity index (χ0) is 7.56. The Morgan fingerprint density at radius 3 is 3.00 bits per heavy atom. The van der Waals surface area contributed by atoms with Crippen molar-refractivity contribution in [3.05, 3.63) is 0 Å². The van der Waals surface area contributed by atoms with Gasteiger partial charge in [-0.25, -0.2) is 4.79 Å². The Morgan fingerprint density at radius 1 is 1.90 bits per heavy atom. The first kappa shape index (κ1) is 7.34. The van der Waals surface area contributed by atoms with Crippen molar-refractivity contribution >= 4 is 6.09 Å². The van der Waals surface area contributed by atoms with Gasteiger partial charge in [-0.1, -0.05) is 0 Å². The van der Waals surface area contributed by atoms with Crippen LogP contribution in [0.15, 0.2) is 0 Å². The Labute approximate surface area is 59.4 Å². The van der Waals surface area contributed by atoms with E-state index in [1.165, 1.54) is 4.90 Å². The molecule has 1 aliphatic heterocycles. The van der Waals surface area contributed by atoms with Crippen LogP contribution in [0.25, 0.3) is 0 Å². The van der Waals surface area contributed by atoms with E-state index in [1.54, 1.807) is 7.05 Å². The minimum Gasteiger partial charge on any atom is -0.444 e. The molecule has 0 saturated carbocycles. The number of rotatable bonds is 2. The van der Waals surface area contributed by atoms with Crippen LogP contribution in [-0.4, -0.2) is 42.4 Å². The Bertz CT molecular complexity index is 137. The second-order valence-electron chi connectivity index (χ2n) is 2.40. The quantitative estimate of drug-likeness (QED) is 0.586. The molecule has 1 rings (SSSR count). The van der Waals surface area contributed by atoms with E-state index in [1.807, 2.05) is 0 Å². The van der Waals surface area contributed by atoms with Gasteiger partial charge in [-0.05, 0) is 0 Å². The fourth-order valence-electron chi connectivity index (χ4n) is 0.944. The van der Waals surface area contributed by atoms with Gasteiger partial charge < -0.3 is 14.7 Å². The van der Waals surface area contributed by atoms with Gasteiger partial charge in [0.25, 0.3) is 0 Å². The molecule has 0 aliphatic carbocycles. The number of amides is 1. The van der Waals surface area contributed by atoms with Crippen molar-refractivity contribution < 1.29 is 14.6 Å². The second kappa shape index (κ2) is 2.88. The summed E-state index contributed by atoms with van der Waals surface area (Å²) >= 11 is 0. The topological polar surface area (TPSA) is 49.8 Å². The largest absolute Gasteiger partial charge is 0.444 e. The minimum absolute atomic E-state index is 0.0752. The molecule has 10 heavy (non-hydrogen) atoms. The highest BCUT2D eigenvalue weighted by molar-refractivity contribution is 5.69. The van der Waals surface area contributed by atoms with Crippen molar-refractivity contribution in [2.45, 2.75) is 12.5 Å². The van der Waals surface area contributed by atoms with Crippen LogP contribution in [0.4, 0.5) is 4.79 Å². The summed E-state index contributed by atoms with van der Waals surface area (Å²) in [6, 6.07) is 0. The highest BCUT2D eigenvalue weighted by atomic mass is 16.6. The van der Waals surface area contributed by atoms with Crippen molar-refractivity contribution in [1.82, 2.24) is 4.90 Å². The molecular weight excluding hydrogens is 134 g/mol. The van der Waals surface area contributed by atoms with Gasteiger partial charge in [0.05, 0.1) is 6.54 Å². The van der Waals surface area contributed by atoms with Gasteiger partial charge in [-0.15, -0.1) is 0 Å².